The molecule has 7 nitrogen and oxygen atoms in total. The minimum atomic E-state index is -3.57. The Balaban J connectivity index is 1.34. The van der Waals surface area contributed by atoms with E-state index in [1.54, 1.807) is 22.8 Å². The first-order valence-electron chi connectivity index (χ1n) is 13.7. The van der Waals surface area contributed by atoms with Gasteiger partial charge in [-0.05, 0) is 48.2 Å². The summed E-state index contributed by atoms with van der Waals surface area (Å²) >= 11 is 0. The van der Waals surface area contributed by atoms with Crippen molar-refractivity contribution < 1.29 is 8.42 Å². The van der Waals surface area contributed by atoms with Crippen molar-refractivity contribution >= 4 is 26.9 Å². The Kier molecular flexibility index (Phi) is 6.90. The molecule has 0 saturated carbocycles. The van der Waals surface area contributed by atoms with Gasteiger partial charge in [-0.1, -0.05) is 74.0 Å². The molecule has 1 aliphatic heterocycles. The molecule has 0 bridgehead atoms. The van der Waals surface area contributed by atoms with Gasteiger partial charge in [-0.2, -0.15) is 4.31 Å². The van der Waals surface area contributed by atoms with Crippen molar-refractivity contribution in [2.45, 2.75) is 31.6 Å². The minimum Gasteiger partial charge on any atom is -0.353 e. The number of benzene rings is 3. The third kappa shape index (κ3) is 4.78. The van der Waals surface area contributed by atoms with Gasteiger partial charge in [-0.25, -0.2) is 18.4 Å². The van der Waals surface area contributed by atoms with E-state index < -0.39 is 10.0 Å². The fraction of sp³-hybridized carbons (Fsp3) is 0.250. The maximum absolute atomic E-state index is 13.4. The topological polar surface area (TPSA) is 71.3 Å². The highest BCUT2D eigenvalue weighted by Crippen LogP contribution is 2.37. The van der Waals surface area contributed by atoms with Gasteiger partial charge in [-0.15, -0.1) is 0 Å². The van der Waals surface area contributed by atoms with Crippen molar-refractivity contribution in [1.82, 2.24) is 18.8 Å². The van der Waals surface area contributed by atoms with Crippen LogP contribution in [0, 0.1) is 6.92 Å². The van der Waals surface area contributed by atoms with Crippen LogP contribution in [0.3, 0.4) is 0 Å². The van der Waals surface area contributed by atoms with Crippen LogP contribution in [0.15, 0.2) is 96.3 Å². The fourth-order valence-corrected chi connectivity index (χ4v) is 6.76. The second-order valence-corrected chi connectivity index (χ2v) is 12.6. The molecule has 0 spiro atoms. The average Bonchev–Trinajstić information content (AvgIpc) is 3.38. The molecular weight excluding hydrogens is 518 g/mol. The summed E-state index contributed by atoms with van der Waals surface area (Å²) in [5.74, 6) is 1.18. The van der Waals surface area contributed by atoms with Gasteiger partial charge in [0.1, 0.15) is 12.1 Å². The van der Waals surface area contributed by atoms with Gasteiger partial charge in [-0.3, -0.25) is 0 Å². The van der Waals surface area contributed by atoms with Gasteiger partial charge in [0.15, 0.2) is 5.65 Å². The molecule has 3 heterocycles. The van der Waals surface area contributed by atoms with Crippen LogP contribution in [0.4, 0.5) is 5.82 Å². The van der Waals surface area contributed by atoms with Crippen molar-refractivity contribution in [2.75, 3.05) is 31.1 Å². The molecule has 0 N–H and O–H groups in total. The summed E-state index contributed by atoms with van der Waals surface area (Å²) in [5.41, 5.74) is 6.31. The number of aryl methyl sites for hydroxylation is 1. The van der Waals surface area contributed by atoms with Gasteiger partial charge in [0.2, 0.25) is 10.0 Å². The van der Waals surface area contributed by atoms with Crippen molar-refractivity contribution in [1.29, 1.82) is 0 Å². The Morgan fingerprint density at radius 1 is 0.800 bits per heavy atom. The highest BCUT2D eigenvalue weighted by atomic mass is 32.2. The number of nitrogens with zero attached hydrogens (tertiary/aromatic N) is 5. The molecule has 1 saturated heterocycles. The largest absolute Gasteiger partial charge is 0.353 e. The third-order valence-corrected chi connectivity index (χ3v) is 9.60. The standard InChI is InChI=1S/C32H33N5O2S/c1-23(2)25-11-15-28(16-12-25)40(38,39)36-19-17-35(18-20-36)31-30-29(26-7-5-4-6-8-26)21-37(32(30)34-22-33-31)27-13-9-24(3)10-14-27/h4-16,21-23H,17-20H2,1-3H3. The Morgan fingerprint density at radius 2 is 1.48 bits per heavy atom. The van der Waals surface area contributed by atoms with Crippen LogP contribution in [0.5, 0.6) is 0 Å². The number of hydrogen-bond acceptors (Lipinski definition) is 5. The normalized spacial score (nSPS) is 14.8. The highest BCUT2D eigenvalue weighted by Gasteiger charge is 2.30. The second kappa shape index (κ2) is 10.5. The summed E-state index contributed by atoms with van der Waals surface area (Å²) in [6.45, 7) is 8.14. The smallest absolute Gasteiger partial charge is 0.243 e. The van der Waals surface area contributed by atoms with Gasteiger partial charge in [0.05, 0.1) is 10.3 Å². The Hall–Kier alpha value is -4.01. The molecule has 6 rings (SSSR count). The maximum atomic E-state index is 13.4. The number of rotatable bonds is 6. The molecule has 0 radical (unpaired) electrons. The van der Waals surface area contributed by atoms with E-state index in [1.807, 2.05) is 30.3 Å². The number of sulfonamides is 1. The summed E-state index contributed by atoms with van der Waals surface area (Å²) in [6.07, 6.45) is 3.74. The molecule has 204 valence electrons. The fourth-order valence-electron chi connectivity index (χ4n) is 5.34. The van der Waals surface area contributed by atoms with Crippen molar-refractivity contribution in [3.8, 4) is 16.8 Å². The highest BCUT2D eigenvalue weighted by molar-refractivity contribution is 7.89. The zero-order chi connectivity index (χ0) is 27.9. The molecule has 40 heavy (non-hydrogen) atoms. The van der Waals surface area contributed by atoms with Crippen LogP contribution in [-0.4, -0.2) is 53.4 Å². The summed E-state index contributed by atoms with van der Waals surface area (Å²) in [5, 5.41) is 0.967. The van der Waals surface area contributed by atoms with Gasteiger partial charge >= 0.3 is 0 Å². The second-order valence-electron chi connectivity index (χ2n) is 10.6. The molecule has 0 unspecified atom stereocenters. The predicted octanol–water partition coefficient (Wildman–Crippen LogP) is 6.03. The molecule has 0 amide bonds. The van der Waals surface area contributed by atoms with E-state index in [0.717, 1.165) is 39.2 Å². The Morgan fingerprint density at radius 3 is 2.12 bits per heavy atom. The van der Waals surface area contributed by atoms with Crippen LogP contribution in [0.1, 0.15) is 30.9 Å². The molecule has 0 atom stereocenters. The molecule has 3 aromatic carbocycles. The summed E-state index contributed by atoms with van der Waals surface area (Å²) in [4.78, 5) is 12.0. The van der Waals surface area contributed by atoms with Crippen LogP contribution < -0.4 is 4.90 Å². The molecule has 5 aromatic rings. The van der Waals surface area contributed by atoms with E-state index >= 15 is 0 Å². The van der Waals surface area contributed by atoms with Gasteiger partial charge < -0.3 is 9.47 Å². The van der Waals surface area contributed by atoms with Crippen LogP contribution in [0.25, 0.3) is 27.8 Å². The lowest BCUT2D eigenvalue weighted by Crippen LogP contribution is -2.49. The van der Waals surface area contributed by atoms with Crippen LogP contribution in [-0.2, 0) is 10.0 Å². The molecule has 1 fully saturated rings. The lowest BCUT2D eigenvalue weighted by molar-refractivity contribution is 0.384. The van der Waals surface area contributed by atoms with E-state index in [2.05, 4.69) is 72.8 Å². The molecule has 2 aromatic heterocycles. The zero-order valence-electron chi connectivity index (χ0n) is 23.0. The number of hydrogen-bond donors (Lipinski definition) is 0. The number of piperazine rings is 1. The van der Waals surface area contributed by atoms with E-state index in [1.165, 1.54) is 5.56 Å². The van der Waals surface area contributed by atoms with E-state index in [-0.39, 0.29) is 0 Å². The Labute approximate surface area is 235 Å². The minimum absolute atomic E-state index is 0.344. The SMILES string of the molecule is Cc1ccc(-n2cc(-c3ccccc3)c3c(N4CCN(S(=O)(=O)c5ccc(C(C)C)cc5)CC4)ncnc32)cc1. The molecule has 1 aliphatic rings. The van der Waals surface area contributed by atoms with Crippen LogP contribution >= 0.6 is 0 Å². The first-order chi connectivity index (χ1) is 19.3. The van der Waals surface area contributed by atoms with Crippen molar-refractivity contribution in [3.63, 3.8) is 0 Å². The molecule has 0 aliphatic carbocycles. The number of fused-ring (bicyclic) bond motifs is 1. The Bertz CT molecular complexity index is 1740. The lowest BCUT2D eigenvalue weighted by atomic mass is 10.0. The average molecular weight is 552 g/mol. The van der Waals surface area contributed by atoms with Gasteiger partial charge in [0.25, 0.3) is 0 Å². The summed E-state index contributed by atoms with van der Waals surface area (Å²) in [6, 6.07) is 25.9. The monoisotopic (exact) mass is 551 g/mol. The van der Waals surface area contributed by atoms with Crippen LogP contribution in [0.2, 0.25) is 0 Å². The molecular formula is C32H33N5O2S. The van der Waals surface area contributed by atoms with Gasteiger partial charge in [0, 0.05) is 43.6 Å². The molecule has 8 heteroatoms. The van der Waals surface area contributed by atoms with Crippen molar-refractivity contribution in [3.05, 3.63) is 103 Å². The first-order valence-corrected chi connectivity index (χ1v) is 15.1. The number of aromatic nitrogens is 3. The summed E-state index contributed by atoms with van der Waals surface area (Å²) in [7, 11) is -3.57. The third-order valence-electron chi connectivity index (χ3n) is 7.68. The first kappa shape index (κ1) is 26.2. The van der Waals surface area contributed by atoms with E-state index in [9.17, 15) is 8.42 Å². The summed E-state index contributed by atoms with van der Waals surface area (Å²) < 4.78 is 30.6. The zero-order valence-corrected chi connectivity index (χ0v) is 23.8. The maximum Gasteiger partial charge on any atom is 0.243 e. The van der Waals surface area contributed by atoms with Crippen molar-refractivity contribution in [2.24, 2.45) is 0 Å². The van der Waals surface area contributed by atoms with E-state index in [0.29, 0.717) is 37.0 Å². The number of anilines is 1. The predicted molar refractivity (Wildman–Crippen MR) is 161 cm³/mol. The lowest BCUT2D eigenvalue weighted by Gasteiger charge is -2.35. The quantitative estimate of drug-likeness (QED) is 0.258. The van der Waals surface area contributed by atoms with E-state index in [4.69, 9.17) is 9.97 Å².